The molecule has 1 aliphatic heterocycles. The standard InChI is InChI=1S/C19H27NO4S/c1-25-16-7-5-15(6-8-16)17(13-19(22)23)20-18(21)4-2-3-14-9-11-24-12-10-14/h5-8,14,17H,2-4,9-13H2,1H3,(H,20,21)(H,22,23). The van der Waals surface area contributed by atoms with Gasteiger partial charge in [0.05, 0.1) is 12.5 Å². The quantitative estimate of drug-likeness (QED) is 0.654. The Hall–Kier alpha value is -1.53. The number of aliphatic carboxylic acids is 1. The molecule has 25 heavy (non-hydrogen) atoms. The molecule has 138 valence electrons. The lowest BCUT2D eigenvalue weighted by molar-refractivity contribution is -0.137. The number of carbonyl (C=O) groups excluding carboxylic acids is 1. The van der Waals surface area contributed by atoms with Crippen LogP contribution in [-0.4, -0.2) is 36.5 Å². The van der Waals surface area contributed by atoms with Crippen molar-refractivity contribution in [2.24, 2.45) is 5.92 Å². The number of rotatable bonds is 9. The van der Waals surface area contributed by atoms with E-state index in [0.29, 0.717) is 12.3 Å². The number of ether oxygens (including phenoxy) is 1. The zero-order valence-electron chi connectivity index (χ0n) is 14.7. The summed E-state index contributed by atoms with van der Waals surface area (Å²) < 4.78 is 5.35. The molecule has 0 saturated carbocycles. The van der Waals surface area contributed by atoms with Gasteiger partial charge in [-0.15, -0.1) is 11.8 Å². The van der Waals surface area contributed by atoms with Crippen molar-refractivity contribution in [3.63, 3.8) is 0 Å². The van der Waals surface area contributed by atoms with E-state index in [1.54, 1.807) is 11.8 Å². The Morgan fingerprint density at radius 1 is 1.28 bits per heavy atom. The molecule has 1 amide bonds. The predicted octanol–water partition coefficient (Wildman–Crippen LogP) is 3.64. The van der Waals surface area contributed by atoms with Crippen LogP contribution in [0.1, 0.15) is 50.1 Å². The van der Waals surface area contributed by atoms with E-state index in [-0.39, 0.29) is 12.3 Å². The molecule has 2 N–H and O–H groups in total. The molecule has 1 aromatic carbocycles. The number of carbonyl (C=O) groups is 2. The molecule has 1 fully saturated rings. The van der Waals surface area contributed by atoms with Crippen LogP contribution in [0.2, 0.25) is 0 Å². The van der Waals surface area contributed by atoms with Crippen LogP contribution in [0.4, 0.5) is 0 Å². The van der Waals surface area contributed by atoms with Gasteiger partial charge >= 0.3 is 5.97 Å². The molecule has 1 aliphatic rings. The summed E-state index contributed by atoms with van der Waals surface area (Å²) >= 11 is 1.63. The lowest BCUT2D eigenvalue weighted by Crippen LogP contribution is -2.30. The highest BCUT2D eigenvalue weighted by Gasteiger charge is 2.19. The Kier molecular flexibility index (Phi) is 8.28. The normalized spacial score (nSPS) is 16.4. The molecule has 5 nitrogen and oxygen atoms in total. The van der Waals surface area contributed by atoms with E-state index in [9.17, 15) is 9.59 Å². The van der Waals surface area contributed by atoms with Crippen LogP contribution >= 0.6 is 11.8 Å². The van der Waals surface area contributed by atoms with Gasteiger partial charge in [0, 0.05) is 24.5 Å². The second-order valence-electron chi connectivity index (χ2n) is 6.44. The summed E-state index contributed by atoms with van der Waals surface area (Å²) in [7, 11) is 0. The smallest absolute Gasteiger partial charge is 0.305 e. The van der Waals surface area contributed by atoms with E-state index < -0.39 is 12.0 Å². The van der Waals surface area contributed by atoms with Crippen molar-refractivity contribution < 1.29 is 19.4 Å². The van der Waals surface area contributed by atoms with Crippen molar-refractivity contribution in [1.29, 1.82) is 0 Å². The predicted molar refractivity (Wildman–Crippen MR) is 98.8 cm³/mol. The van der Waals surface area contributed by atoms with E-state index in [1.807, 2.05) is 30.5 Å². The van der Waals surface area contributed by atoms with Crippen LogP contribution in [0.15, 0.2) is 29.2 Å². The van der Waals surface area contributed by atoms with Crippen LogP contribution in [-0.2, 0) is 14.3 Å². The molecule has 1 heterocycles. The SMILES string of the molecule is CSc1ccc(C(CC(=O)O)NC(=O)CCCC2CCOCC2)cc1. The molecule has 6 heteroatoms. The minimum atomic E-state index is -0.915. The molecule has 0 radical (unpaired) electrons. The third kappa shape index (κ3) is 7.08. The molecule has 2 rings (SSSR count). The average Bonchev–Trinajstić information content (AvgIpc) is 2.62. The van der Waals surface area contributed by atoms with Gasteiger partial charge in [0.15, 0.2) is 0 Å². The Labute approximate surface area is 153 Å². The van der Waals surface area contributed by atoms with E-state index >= 15 is 0 Å². The van der Waals surface area contributed by atoms with Gasteiger partial charge in [0.1, 0.15) is 0 Å². The van der Waals surface area contributed by atoms with Gasteiger partial charge in [0.25, 0.3) is 0 Å². The molecule has 1 unspecified atom stereocenters. The van der Waals surface area contributed by atoms with Crippen molar-refractivity contribution in [3.8, 4) is 0 Å². The topological polar surface area (TPSA) is 75.6 Å². The van der Waals surface area contributed by atoms with Crippen molar-refractivity contribution in [1.82, 2.24) is 5.32 Å². The summed E-state index contributed by atoms with van der Waals surface area (Å²) in [6.07, 6.45) is 6.34. The van der Waals surface area contributed by atoms with Gasteiger partial charge in [0.2, 0.25) is 5.91 Å². The molecule has 1 saturated heterocycles. The largest absolute Gasteiger partial charge is 0.481 e. The summed E-state index contributed by atoms with van der Waals surface area (Å²) in [6, 6.07) is 7.20. The highest BCUT2D eigenvalue weighted by Crippen LogP contribution is 2.23. The first-order valence-corrected chi connectivity index (χ1v) is 10.0. The van der Waals surface area contributed by atoms with Gasteiger partial charge in [-0.25, -0.2) is 0 Å². The molecule has 0 bridgehead atoms. The number of benzene rings is 1. The monoisotopic (exact) mass is 365 g/mol. The van der Waals surface area contributed by atoms with Gasteiger partial charge in [-0.3, -0.25) is 9.59 Å². The molecule has 1 aromatic rings. The maximum atomic E-state index is 12.2. The third-order valence-corrected chi connectivity index (χ3v) is 5.33. The van der Waals surface area contributed by atoms with Crippen molar-refractivity contribution in [2.45, 2.75) is 49.5 Å². The van der Waals surface area contributed by atoms with Crippen LogP contribution in [0.5, 0.6) is 0 Å². The van der Waals surface area contributed by atoms with Crippen LogP contribution in [0, 0.1) is 5.92 Å². The van der Waals surface area contributed by atoms with E-state index in [1.165, 1.54) is 0 Å². The molecule has 0 aromatic heterocycles. The van der Waals surface area contributed by atoms with Crippen LogP contribution < -0.4 is 5.32 Å². The molecular weight excluding hydrogens is 338 g/mol. The second kappa shape index (κ2) is 10.5. The first-order valence-electron chi connectivity index (χ1n) is 8.81. The Morgan fingerprint density at radius 3 is 2.56 bits per heavy atom. The zero-order chi connectivity index (χ0) is 18.1. The van der Waals surface area contributed by atoms with Crippen LogP contribution in [0.3, 0.4) is 0 Å². The third-order valence-electron chi connectivity index (χ3n) is 4.59. The molecule has 0 spiro atoms. The number of nitrogens with one attached hydrogen (secondary N) is 1. The summed E-state index contributed by atoms with van der Waals surface area (Å²) in [4.78, 5) is 24.5. The fraction of sp³-hybridized carbons (Fsp3) is 0.579. The second-order valence-corrected chi connectivity index (χ2v) is 7.32. The Morgan fingerprint density at radius 2 is 1.96 bits per heavy atom. The van der Waals surface area contributed by atoms with Gasteiger partial charge in [-0.05, 0) is 55.6 Å². The lowest BCUT2D eigenvalue weighted by Gasteiger charge is -2.22. The van der Waals surface area contributed by atoms with Gasteiger partial charge in [-0.2, -0.15) is 0 Å². The van der Waals surface area contributed by atoms with Crippen molar-refractivity contribution in [2.75, 3.05) is 19.5 Å². The summed E-state index contributed by atoms with van der Waals surface area (Å²) in [5.41, 5.74) is 0.831. The number of amides is 1. The van der Waals surface area contributed by atoms with E-state index in [0.717, 1.165) is 49.4 Å². The molecule has 0 aliphatic carbocycles. The Balaban J connectivity index is 1.84. The fourth-order valence-corrected chi connectivity index (χ4v) is 3.52. The average molecular weight is 365 g/mol. The number of hydrogen-bond acceptors (Lipinski definition) is 4. The van der Waals surface area contributed by atoms with E-state index in [4.69, 9.17) is 9.84 Å². The maximum Gasteiger partial charge on any atom is 0.305 e. The first kappa shape index (κ1) is 19.8. The summed E-state index contributed by atoms with van der Waals surface area (Å²) in [5, 5.41) is 12.0. The summed E-state index contributed by atoms with van der Waals surface area (Å²) in [5.74, 6) is -0.343. The first-order chi connectivity index (χ1) is 12.1. The number of carboxylic acids is 1. The highest BCUT2D eigenvalue weighted by atomic mass is 32.2. The number of hydrogen-bond donors (Lipinski definition) is 2. The lowest BCUT2D eigenvalue weighted by atomic mass is 9.94. The fourth-order valence-electron chi connectivity index (χ4n) is 3.12. The van der Waals surface area contributed by atoms with Gasteiger partial charge in [-0.1, -0.05) is 12.1 Å². The minimum Gasteiger partial charge on any atom is -0.481 e. The van der Waals surface area contributed by atoms with Crippen molar-refractivity contribution >= 4 is 23.6 Å². The highest BCUT2D eigenvalue weighted by molar-refractivity contribution is 7.98. The van der Waals surface area contributed by atoms with E-state index in [2.05, 4.69) is 5.32 Å². The summed E-state index contributed by atoms with van der Waals surface area (Å²) in [6.45, 7) is 1.65. The zero-order valence-corrected chi connectivity index (χ0v) is 15.5. The van der Waals surface area contributed by atoms with Gasteiger partial charge < -0.3 is 15.2 Å². The Bertz CT molecular complexity index is 555. The number of thioether (sulfide) groups is 1. The minimum absolute atomic E-state index is 0.0766. The molecular formula is C19H27NO4S. The van der Waals surface area contributed by atoms with Crippen molar-refractivity contribution in [3.05, 3.63) is 29.8 Å². The molecule has 1 atom stereocenters. The number of carboxylic acid groups (broad SMARTS) is 1. The maximum absolute atomic E-state index is 12.2. The van der Waals surface area contributed by atoms with Crippen LogP contribution in [0.25, 0.3) is 0 Å².